The van der Waals surface area contributed by atoms with Crippen LogP contribution >= 0.6 is 0 Å². The molecular weight excluding hydrogens is 398 g/mol. The van der Waals surface area contributed by atoms with E-state index in [1.807, 2.05) is 30.3 Å². The number of likely N-dealkylation sites (tertiary alicyclic amines) is 1. The summed E-state index contributed by atoms with van der Waals surface area (Å²) in [5.74, 6) is 1.90. The highest BCUT2D eigenvalue weighted by Gasteiger charge is 2.31. The lowest BCUT2D eigenvalue weighted by Gasteiger charge is -2.32. The van der Waals surface area contributed by atoms with E-state index in [1.165, 1.54) is 64.2 Å². The molecule has 0 radical (unpaired) electrons. The molecule has 0 N–H and O–H groups in total. The van der Waals surface area contributed by atoms with E-state index in [4.69, 9.17) is 9.47 Å². The molecule has 1 atom stereocenters. The summed E-state index contributed by atoms with van der Waals surface area (Å²) in [6.45, 7) is 3.12. The number of rotatable bonds is 10. The van der Waals surface area contributed by atoms with Gasteiger partial charge in [0.05, 0.1) is 6.10 Å². The number of carbonyl (C=O) groups is 1. The molecule has 3 aliphatic rings. The Hall–Kier alpha value is -1.39. The minimum absolute atomic E-state index is 0.0661. The highest BCUT2D eigenvalue weighted by atomic mass is 16.5. The molecule has 178 valence electrons. The molecular formula is C28H43NO3. The smallest absolute Gasteiger partial charge is 0.323 e. The van der Waals surface area contributed by atoms with Gasteiger partial charge in [-0.25, -0.2) is 0 Å². The predicted octanol–water partition coefficient (Wildman–Crippen LogP) is 6.13. The maximum absolute atomic E-state index is 12.6. The third-order valence-corrected chi connectivity index (χ3v) is 7.99. The molecule has 32 heavy (non-hydrogen) atoms. The Kier molecular flexibility index (Phi) is 9.46. The van der Waals surface area contributed by atoms with Crippen LogP contribution in [0.25, 0.3) is 0 Å². The van der Waals surface area contributed by atoms with Crippen molar-refractivity contribution in [2.24, 2.45) is 11.8 Å². The Labute approximate surface area is 195 Å². The van der Waals surface area contributed by atoms with Crippen LogP contribution < -0.4 is 0 Å². The van der Waals surface area contributed by atoms with E-state index >= 15 is 0 Å². The van der Waals surface area contributed by atoms with Gasteiger partial charge in [0.2, 0.25) is 0 Å². The van der Waals surface area contributed by atoms with Gasteiger partial charge in [0, 0.05) is 13.2 Å². The second kappa shape index (κ2) is 12.7. The summed E-state index contributed by atoms with van der Waals surface area (Å²) < 4.78 is 11.8. The zero-order valence-electron chi connectivity index (χ0n) is 19.9. The van der Waals surface area contributed by atoms with E-state index in [0.717, 1.165) is 56.4 Å². The molecule has 0 spiro atoms. The molecule has 3 fully saturated rings. The number of ether oxygens (including phenoxy) is 2. The number of benzene rings is 1. The summed E-state index contributed by atoms with van der Waals surface area (Å²) in [5.41, 5.74) is 1.05. The van der Waals surface area contributed by atoms with Crippen molar-refractivity contribution in [3.05, 3.63) is 35.9 Å². The van der Waals surface area contributed by atoms with Crippen LogP contribution in [0.15, 0.2) is 30.3 Å². The zero-order chi connectivity index (χ0) is 22.0. The maximum Gasteiger partial charge on any atom is 0.323 e. The average Bonchev–Trinajstić information content (AvgIpc) is 3.31. The van der Waals surface area contributed by atoms with Crippen LogP contribution in [-0.2, 0) is 20.9 Å². The van der Waals surface area contributed by atoms with Crippen molar-refractivity contribution < 1.29 is 14.3 Å². The number of esters is 1. The fourth-order valence-corrected chi connectivity index (χ4v) is 6.13. The first-order valence-electron chi connectivity index (χ1n) is 13.3. The van der Waals surface area contributed by atoms with E-state index < -0.39 is 0 Å². The van der Waals surface area contributed by atoms with Gasteiger partial charge in [0.15, 0.2) is 0 Å². The summed E-state index contributed by atoms with van der Waals surface area (Å²) in [6.07, 6.45) is 17.5. The van der Waals surface area contributed by atoms with E-state index in [-0.39, 0.29) is 12.0 Å². The molecule has 2 aliphatic carbocycles. The molecule has 4 heteroatoms. The maximum atomic E-state index is 12.6. The lowest BCUT2D eigenvalue weighted by atomic mass is 9.77. The fraction of sp³-hybridized carbons (Fsp3) is 0.750. The monoisotopic (exact) mass is 441 g/mol. The number of nitrogens with zero attached hydrogens (tertiary/aromatic N) is 1. The topological polar surface area (TPSA) is 38.8 Å². The van der Waals surface area contributed by atoms with E-state index in [1.54, 1.807) is 0 Å². The van der Waals surface area contributed by atoms with Crippen LogP contribution in [0.4, 0.5) is 0 Å². The lowest BCUT2D eigenvalue weighted by Crippen LogP contribution is -2.38. The van der Waals surface area contributed by atoms with Gasteiger partial charge in [-0.2, -0.15) is 0 Å². The first kappa shape index (κ1) is 23.8. The standard InChI is InChI=1S/C28H43NO3/c30-28(32-22-25-11-5-2-6-12-25)27-13-7-18-29(27)19-8-20-31-26-16-14-24(15-17-26)21-23-9-3-1-4-10-23/h2,5-6,11-12,23-24,26-27H,1,3-4,7-10,13-22H2. The Bertz CT molecular complexity index is 665. The number of hydrogen-bond acceptors (Lipinski definition) is 4. The molecule has 0 amide bonds. The highest BCUT2D eigenvalue weighted by Crippen LogP contribution is 2.36. The van der Waals surface area contributed by atoms with Crippen molar-refractivity contribution in [2.75, 3.05) is 19.7 Å². The number of hydrogen-bond donors (Lipinski definition) is 0. The molecule has 1 heterocycles. The van der Waals surface area contributed by atoms with Crippen molar-refractivity contribution in [1.82, 2.24) is 4.90 Å². The molecule has 1 unspecified atom stereocenters. The molecule has 1 aromatic rings. The first-order valence-corrected chi connectivity index (χ1v) is 13.3. The fourth-order valence-electron chi connectivity index (χ4n) is 6.13. The normalized spacial score (nSPS) is 27.4. The average molecular weight is 442 g/mol. The van der Waals surface area contributed by atoms with Crippen LogP contribution in [0.3, 0.4) is 0 Å². The number of carbonyl (C=O) groups excluding carboxylic acids is 1. The summed E-state index contributed by atoms with van der Waals surface area (Å²) in [7, 11) is 0. The largest absolute Gasteiger partial charge is 0.460 e. The van der Waals surface area contributed by atoms with Gasteiger partial charge in [0.1, 0.15) is 12.6 Å². The zero-order valence-corrected chi connectivity index (χ0v) is 19.9. The second-order valence-corrected chi connectivity index (χ2v) is 10.4. The van der Waals surface area contributed by atoms with E-state index in [2.05, 4.69) is 4.90 Å². The Balaban J connectivity index is 1.08. The van der Waals surface area contributed by atoms with E-state index in [0.29, 0.717) is 12.7 Å². The Morgan fingerprint density at radius 3 is 2.41 bits per heavy atom. The lowest BCUT2D eigenvalue weighted by molar-refractivity contribution is -0.150. The van der Waals surface area contributed by atoms with Gasteiger partial charge in [-0.1, -0.05) is 62.4 Å². The first-order chi connectivity index (χ1) is 15.8. The molecule has 1 saturated heterocycles. The molecule has 0 bridgehead atoms. The minimum Gasteiger partial charge on any atom is -0.460 e. The third-order valence-electron chi connectivity index (χ3n) is 7.99. The SMILES string of the molecule is O=C(OCc1ccccc1)C1CCCN1CCCOC1CCC(CC2CCCCC2)CC1. The van der Waals surface area contributed by atoms with Gasteiger partial charge >= 0.3 is 5.97 Å². The van der Waals surface area contributed by atoms with Crippen LogP contribution in [0.1, 0.15) is 89.0 Å². The molecule has 2 saturated carbocycles. The molecule has 0 aromatic heterocycles. The summed E-state index contributed by atoms with van der Waals surface area (Å²) >= 11 is 0. The van der Waals surface area contributed by atoms with Crippen LogP contribution in [0, 0.1) is 11.8 Å². The predicted molar refractivity (Wildman–Crippen MR) is 128 cm³/mol. The summed E-state index contributed by atoms with van der Waals surface area (Å²) in [5, 5.41) is 0. The van der Waals surface area contributed by atoms with Gasteiger partial charge in [-0.05, 0) is 75.3 Å². The van der Waals surface area contributed by atoms with Gasteiger partial charge in [-0.3, -0.25) is 9.69 Å². The summed E-state index contributed by atoms with van der Waals surface area (Å²) in [6, 6.07) is 9.87. The third kappa shape index (κ3) is 7.31. The molecule has 1 aromatic carbocycles. The van der Waals surface area contributed by atoms with Crippen LogP contribution in [0.2, 0.25) is 0 Å². The quantitative estimate of drug-likeness (QED) is 0.323. The van der Waals surface area contributed by atoms with Crippen molar-refractivity contribution in [3.8, 4) is 0 Å². The molecule has 4 rings (SSSR count). The van der Waals surface area contributed by atoms with E-state index in [9.17, 15) is 4.79 Å². The van der Waals surface area contributed by atoms with Crippen molar-refractivity contribution >= 4 is 5.97 Å². The van der Waals surface area contributed by atoms with Crippen LogP contribution in [0.5, 0.6) is 0 Å². The van der Waals surface area contributed by atoms with Gasteiger partial charge < -0.3 is 9.47 Å². The van der Waals surface area contributed by atoms with Crippen molar-refractivity contribution in [2.45, 2.75) is 102 Å². The van der Waals surface area contributed by atoms with Crippen molar-refractivity contribution in [3.63, 3.8) is 0 Å². The summed E-state index contributed by atoms with van der Waals surface area (Å²) in [4.78, 5) is 14.9. The van der Waals surface area contributed by atoms with Crippen LogP contribution in [-0.4, -0.2) is 42.7 Å². The Morgan fingerprint density at radius 2 is 1.62 bits per heavy atom. The van der Waals surface area contributed by atoms with Gasteiger partial charge in [0.25, 0.3) is 0 Å². The highest BCUT2D eigenvalue weighted by molar-refractivity contribution is 5.76. The van der Waals surface area contributed by atoms with Gasteiger partial charge in [-0.15, -0.1) is 0 Å². The van der Waals surface area contributed by atoms with Crippen molar-refractivity contribution in [1.29, 1.82) is 0 Å². The second-order valence-electron chi connectivity index (χ2n) is 10.4. The molecule has 1 aliphatic heterocycles. The minimum atomic E-state index is -0.0751. The molecule has 4 nitrogen and oxygen atoms in total. The Morgan fingerprint density at radius 1 is 0.875 bits per heavy atom.